The molecule has 0 saturated carbocycles. The van der Waals surface area contributed by atoms with Gasteiger partial charge in [0.05, 0.1) is 19.2 Å². The maximum Gasteiger partial charge on any atom is 0.337 e. The van der Waals surface area contributed by atoms with Crippen LogP contribution in [0.2, 0.25) is 0 Å². The molecule has 3 N–H and O–H groups in total. The number of aliphatic hydroxyl groups excluding tert-OH is 1. The Morgan fingerprint density at radius 1 is 0.967 bits per heavy atom. The van der Waals surface area contributed by atoms with Gasteiger partial charge in [-0.2, -0.15) is 0 Å². The SMILES string of the molecule is COC(=O)c1ccc(NC(=O)C(=O)NCc2ccc([C@@H](O)c3ccccc3)s2)cc1. The van der Waals surface area contributed by atoms with E-state index in [1.807, 2.05) is 30.3 Å². The van der Waals surface area contributed by atoms with E-state index in [-0.39, 0.29) is 6.54 Å². The number of aliphatic hydroxyl groups is 1. The number of anilines is 1. The average Bonchev–Trinajstić information content (AvgIpc) is 3.26. The molecule has 0 aliphatic carbocycles. The van der Waals surface area contributed by atoms with Crippen LogP contribution < -0.4 is 10.6 Å². The quantitative estimate of drug-likeness (QED) is 0.417. The van der Waals surface area contributed by atoms with Crippen LogP contribution in [0.4, 0.5) is 5.69 Å². The molecule has 154 valence electrons. The van der Waals surface area contributed by atoms with E-state index in [2.05, 4.69) is 15.4 Å². The Kier molecular flexibility index (Phi) is 6.95. The van der Waals surface area contributed by atoms with Gasteiger partial charge in [0.1, 0.15) is 6.10 Å². The summed E-state index contributed by atoms with van der Waals surface area (Å²) in [6.45, 7) is 0.166. The first-order valence-corrected chi connectivity index (χ1v) is 9.88. The summed E-state index contributed by atoms with van der Waals surface area (Å²) < 4.78 is 4.61. The number of hydrogen-bond acceptors (Lipinski definition) is 6. The van der Waals surface area contributed by atoms with Crippen molar-refractivity contribution in [1.82, 2.24) is 5.32 Å². The van der Waals surface area contributed by atoms with Crippen LogP contribution in [0.5, 0.6) is 0 Å². The van der Waals surface area contributed by atoms with Gasteiger partial charge in [-0.05, 0) is 42.0 Å². The maximum absolute atomic E-state index is 12.1. The third-order valence-electron chi connectivity index (χ3n) is 4.26. The second-order valence-electron chi connectivity index (χ2n) is 6.32. The number of benzene rings is 2. The highest BCUT2D eigenvalue weighted by molar-refractivity contribution is 7.12. The van der Waals surface area contributed by atoms with Gasteiger partial charge in [-0.3, -0.25) is 9.59 Å². The largest absolute Gasteiger partial charge is 0.465 e. The normalized spacial score (nSPS) is 11.4. The third-order valence-corrected chi connectivity index (χ3v) is 5.40. The standard InChI is InChI=1S/C22H20N2O5S/c1-29-22(28)15-7-9-16(10-8-15)24-21(27)20(26)23-13-17-11-12-18(30-17)19(25)14-5-3-2-4-6-14/h2-12,19,25H,13H2,1H3,(H,23,26)(H,24,27)/t19-/m0/s1. The molecule has 0 radical (unpaired) electrons. The number of ether oxygens (including phenoxy) is 1. The molecule has 30 heavy (non-hydrogen) atoms. The van der Waals surface area contributed by atoms with Crippen molar-refractivity contribution in [2.24, 2.45) is 0 Å². The Hall–Kier alpha value is -3.49. The van der Waals surface area contributed by atoms with Crippen molar-refractivity contribution in [2.75, 3.05) is 12.4 Å². The van der Waals surface area contributed by atoms with Crippen LogP contribution in [0.1, 0.15) is 31.8 Å². The minimum atomic E-state index is -0.818. The molecule has 0 unspecified atom stereocenters. The monoisotopic (exact) mass is 424 g/mol. The number of amides is 2. The summed E-state index contributed by atoms with van der Waals surface area (Å²) >= 11 is 1.36. The number of carbonyl (C=O) groups is 3. The van der Waals surface area contributed by atoms with Crippen molar-refractivity contribution >= 4 is 34.8 Å². The molecule has 0 saturated heterocycles. The zero-order valence-electron chi connectivity index (χ0n) is 16.1. The first kappa shape index (κ1) is 21.2. The number of carbonyl (C=O) groups excluding carboxylic acids is 3. The van der Waals surface area contributed by atoms with E-state index in [1.165, 1.54) is 42.7 Å². The molecule has 0 spiro atoms. The molecule has 0 aliphatic heterocycles. The molecule has 0 fully saturated rings. The molecule has 2 aromatic carbocycles. The van der Waals surface area contributed by atoms with Crippen LogP contribution in [0.15, 0.2) is 66.7 Å². The first-order valence-electron chi connectivity index (χ1n) is 9.07. The zero-order chi connectivity index (χ0) is 21.5. The summed E-state index contributed by atoms with van der Waals surface area (Å²) in [5, 5.41) is 15.5. The second-order valence-corrected chi connectivity index (χ2v) is 7.52. The fourth-order valence-electron chi connectivity index (χ4n) is 2.68. The van der Waals surface area contributed by atoms with E-state index < -0.39 is 23.9 Å². The minimum Gasteiger partial charge on any atom is -0.465 e. The number of thiophene rings is 1. The smallest absolute Gasteiger partial charge is 0.337 e. The van der Waals surface area contributed by atoms with Crippen molar-refractivity contribution in [3.05, 3.63) is 87.6 Å². The summed E-state index contributed by atoms with van der Waals surface area (Å²) in [7, 11) is 1.28. The molecule has 1 atom stereocenters. The van der Waals surface area contributed by atoms with Crippen molar-refractivity contribution in [1.29, 1.82) is 0 Å². The van der Waals surface area contributed by atoms with E-state index >= 15 is 0 Å². The summed E-state index contributed by atoms with van der Waals surface area (Å²) in [4.78, 5) is 37.1. The summed E-state index contributed by atoms with van der Waals surface area (Å²) in [6, 6.07) is 18.9. The van der Waals surface area contributed by atoms with Crippen LogP contribution in [0, 0.1) is 0 Å². The Morgan fingerprint density at radius 2 is 1.67 bits per heavy atom. The highest BCUT2D eigenvalue weighted by Crippen LogP contribution is 2.28. The number of nitrogens with one attached hydrogen (secondary N) is 2. The van der Waals surface area contributed by atoms with Crippen LogP contribution in [-0.2, 0) is 20.9 Å². The van der Waals surface area contributed by atoms with Crippen molar-refractivity contribution in [3.8, 4) is 0 Å². The van der Waals surface area contributed by atoms with Crippen molar-refractivity contribution < 1.29 is 24.2 Å². The minimum absolute atomic E-state index is 0.166. The van der Waals surface area contributed by atoms with E-state index in [1.54, 1.807) is 12.1 Å². The van der Waals surface area contributed by atoms with Gasteiger partial charge in [0.25, 0.3) is 0 Å². The fraction of sp³-hybridized carbons (Fsp3) is 0.136. The van der Waals surface area contributed by atoms with Gasteiger partial charge in [-0.15, -0.1) is 11.3 Å². The predicted octanol–water partition coefficient (Wildman–Crippen LogP) is 2.87. The lowest BCUT2D eigenvalue weighted by molar-refractivity contribution is -0.136. The van der Waals surface area contributed by atoms with Gasteiger partial charge < -0.3 is 20.5 Å². The van der Waals surface area contributed by atoms with E-state index in [4.69, 9.17) is 0 Å². The van der Waals surface area contributed by atoms with Crippen molar-refractivity contribution in [2.45, 2.75) is 12.6 Å². The van der Waals surface area contributed by atoms with Crippen LogP contribution >= 0.6 is 11.3 Å². The van der Waals surface area contributed by atoms with E-state index in [0.717, 1.165) is 15.3 Å². The van der Waals surface area contributed by atoms with Crippen molar-refractivity contribution in [3.63, 3.8) is 0 Å². The Labute approximate surface area is 177 Å². The molecule has 0 aliphatic rings. The highest BCUT2D eigenvalue weighted by atomic mass is 32.1. The van der Waals surface area contributed by atoms with Gasteiger partial charge >= 0.3 is 17.8 Å². The number of rotatable bonds is 6. The van der Waals surface area contributed by atoms with E-state index in [0.29, 0.717) is 11.3 Å². The zero-order valence-corrected chi connectivity index (χ0v) is 16.9. The highest BCUT2D eigenvalue weighted by Gasteiger charge is 2.16. The lowest BCUT2D eigenvalue weighted by atomic mass is 10.1. The summed E-state index contributed by atoms with van der Waals surface area (Å²) in [5.74, 6) is -2.09. The Bertz CT molecular complexity index is 1030. The third kappa shape index (κ3) is 5.31. The molecule has 2 amide bonds. The molecule has 3 rings (SSSR count). The first-order chi connectivity index (χ1) is 14.5. The number of hydrogen-bond donors (Lipinski definition) is 3. The molecular weight excluding hydrogens is 404 g/mol. The fourth-order valence-corrected chi connectivity index (χ4v) is 3.65. The Balaban J connectivity index is 1.52. The number of esters is 1. The molecule has 8 heteroatoms. The van der Waals surface area contributed by atoms with Crippen LogP contribution in [-0.4, -0.2) is 30.0 Å². The van der Waals surface area contributed by atoms with Crippen LogP contribution in [0.25, 0.3) is 0 Å². The van der Waals surface area contributed by atoms with Gasteiger partial charge in [0.15, 0.2) is 0 Å². The average molecular weight is 424 g/mol. The van der Waals surface area contributed by atoms with Gasteiger partial charge in [-0.1, -0.05) is 30.3 Å². The molecule has 0 bridgehead atoms. The van der Waals surface area contributed by atoms with Gasteiger partial charge in [-0.25, -0.2) is 4.79 Å². The van der Waals surface area contributed by atoms with Crippen LogP contribution in [0.3, 0.4) is 0 Å². The second kappa shape index (κ2) is 9.82. The molecule has 1 aromatic heterocycles. The molecule has 3 aromatic rings. The lowest BCUT2D eigenvalue weighted by Crippen LogP contribution is -2.34. The Morgan fingerprint density at radius 3 is 2.33 bits per heavy atom. The molecular formula is C22H20N2O5S. The maximum atomic E-state index is 12.1. The summed E-state index contributed by atoms with van der Waals surface area (Å²) in [5.41, 5.74) is 1.51. The van der Waals surface area contributed by atoms with Gasteiger partial charge in [0, 0.05) is 15.4 Å². The van der Waals surface area contributed by atoms with E-state index in [9.17, 15) is 19.5 Å². The topological polar surface area (TPSA) is 105 Å². The van der Waals surface area contributed by atoms with Gasteiger partial charge in [0.2, 0.25) is 0 Å². The number of methoxy groups -OCH3 is 1. The molecule has 7 nitrogen and oxygen atoms in total. The summed E-state index contributed by atoms with van der Waals surface area (Å²) in [6.07, 6.45) is -0.739. The molecule has 1 heterocycles. The predicted molar refractivity (Wildman–Crippen MR) is 113 cm³/mol. The lowest BCUT2D eigenvalue weighted by Gasteiger charge is -2.08.